The zero-order chi connectivity index (χ0) is 23.6. The fraction of sp³-hybridized carbons (Fsp3) is 0.391. The Balaban J connectivity index is 1.54. The molecule has 7 nitrogen and oxygen atoms in total. The molecule has 3 aromatic rings. The fourth-order valence-electron chi connectivity index (χ4n) is 3.85. The summed E-state index contributed by atoms with van der Waals surface area (Å²) in [6.07, 6.45) is 4.69. The summed E-state index contributed by atoms with van der Waals surface area (Å²) in [5, 5.41) is 9.98. The van der Waals surface area contributed by atoms with Gasteiger partial charge in [-0.25, -0.2) is 9.78 Å². The zero-order valence-corrected chi connectivity index (χ0v) is 20.7. The normalized spacial score (nSPS) is 14.2. The number of aromatic carboxylic acids is 1. The SMILES string of the molecule is COc1ccc(C2(C(=O)N(CCCc3ccc(Cl)s3)Cc3nc(C(=O)O)c(C)s3)CC2)nc1. The van der Waals surface area contributed by atoms with Crippen molar-refractivity contribution in [3.05, 3.63) is 60.9 Å². The largest absolute Gasteiger partial charge is 0.495 e. The quantitative estimate of drug-likeness (QED) is 0.418. The summed E-state index contributed by atoms with van der Waals surface area (Å²) in [5.74, 6) is -0.398. The molecule has 0 spiro atoms. The van der Waals surface area contributed by atoms with Gasteiger partial charge in [0.15, 0.2) is 5.69 Å². The van der Waals surface area contributed by atoms with E-state index in [9.17, 15) is 14.7 Å². The van der Waals surface area contributed by atoms with Crippen molar-refractivity contribution in [2.45, 2.75) is 44.6 Å². The number of carboxylic acids is 1. The summed E-state index contributed by atoms with van der Waals surface area (Å²) < 4.78 is 5.95. The van der Waals surface area contributed by atoms with Crippen molar-refractivity contribution in [3.8, 4) is 5.75 Å². The molecule has 0 aromatic carbocycles. The zero-order valence-electron chi connectivity index (χ0n) is 18.3. The first-order chi connectivity index (χ1) is 15.8. The number of methoxy groups -OCH3 is 1. The van der Waals surface area contributed by atoms with Gasteiger partial charge >= 0.3 is 5.97 Å². The first kappa shape index (κ1) is 23.7. The topological polar surface area (TPSA) is 92.6 Å². The number of hydrogen-bond acceptors (Lipinski definition) is 7. The van der Waals surface area contributed by atoms with Crippen molar-refractivity contribution in [1.82, 2.24) is 14.9 Å². The maximum absolute atomic E-state index is 13.8. The number of hydrogen-bond donors (Lipinski definition) is 1. The van der Waals surface area contributed by atoms with Crippen LogP contribution >= 0.6 is 34.3 Å². The predicted octanol–water partition coefficient (Wildman–Crippen LogP) is 4.96. The Bertz CT molecular complexity index is 1150. The highest BCUT2D eigenvalue weighted by atomic mass is 35.5. The lowest BCUT2D eigenvalue weighted by molar-refractivity contribution is -0.134. The number of aryl methyl sites for hydroxylation is 2. The second kappa shape index (κ2) is 9.79. The van der Waals surface area contributed by atoms with Gasteiger partial charge in [-0.15, -0.1) is 22.7 Å². The van der Waals surface area contributed by atoms with E-state index in [0.29, 0.717) is 22.2 Å². The van der Waals surface area contributed by atoms with Crippen LogP contribution in [0.25, 0.3) is 0 Å². The fourth-order valence-corrected chi connectivity index (χ4v) is 5.92. The van der Waals surface area contributed by atoms with Crippen molar-refractivity contribution in [2.24, 2.45) is 0 Å². The van der Waals surface area contributed by atoms with Crippen LogP contribution in [0.4, 0.5) is 0 Å². The van der Waals surface area contributed by atoms with E-state index >= 15 is 0 Å². The molecule has 1 aliphatic carbocycles. The number of nitrogens with zero attached hydrogens (tertiary/aromatic N) is 3. The standard InChI is InChI=1S/C23H24ClN3O4S2/c1-14-20(21(28)29)26-19(32-14)13-27(11-3-4-16-6-8-18(24)33-16)22(30)23(9-10-23)17-7-5-15(31-2)12-25-17/h5-8,12H,3-4,9-11,13H2,1-2H3,(H,28,29). The monoisotopic (exact) mass is 505 g/mol. The minimum atomic E-state index is -1.05. The van der Waals surface area contributed by atoms with E-state index in [1.54, 1.807) is 36.5 Å². The molecule has 0 radical (unpaired) electrons. The Morgan fingerprint density at radius 2 is 2.03 bits per heavy atom. The van der Waals surface area contributed by atoms with Gasteiger partial charge in [-0.2, -0.15) is 0 Å². The number of pyridine rings is 1. The first-order valence-electron chi connectivity index (χ1n) is 10.6. The van der Waals surface area contributed by atoms with Gasteiger partial charge in [0.25, 0.3) is 0 Å². The van der Waals surface area contributed by atoms with Crippen LogP contribution in [-0.2, 0) is 23.2 Å². The Labute approximate surface area is 205 Å². The summed E-state index contributed by atoms with van der Waals surface area (Å²) in [4.78, 5) is 37.6. The van der Waals surface area contributed by atoms with Gasteiger partial charge in [-0.1, -0.05) is 11.6 Å². The number of thiazole rings is 1. The van der Waals surface area contributed by atoms with Gasteiger partial charge in [0.05, 0.1) is 35.3 Å². The van der Waals surface area contributed by atoms with E-state index in [1.807, 2.05) is 24.3 Å². The molecule has 1 saturated carbocycles. The molecule has 3 aromatic heterocycles. The molecule has 4 rings (SSSR count). The second-order valence-corrected chi connectivity index (χ2v) is 11.1. The van der Waals surface area contributed by atoms with E-state index in [0.717, 1.165) is 35.7 Å². The highest BCUT2D eigenvalue weighted by molar-refractivity contribution is 7.16. The van der Waals surface area contributed by atoms with Crippen LogP contribution < -0.4 is 4.74 Å². The summed E-state index contributed by atoms with van der Waals surface area (Å²) in [5.41, 5.74) is 0.152. The minimum Gasteiger partial charge on any atom is -0.495 e. The molecule has 1 aliphatic rings. The molecule has 1 N–H and O–H groups in total. The Morgan fingerprint density at radius 3 is 2.58 bits per heavy atom. The minimum absolute atomic E-state index is 0.00843. The van der Waals surface area contributed by atoms with E-state index < -0.39 is 11.4 Å². The van der Waals surface area contributed by atoms with Crippen LogP contribution in [0.1, 0.15) is 50.2 Å². The molecule has 0 atom stereocenters. The maximum Gasteiger partial charge on any atom is 0.355 e. The molecule has 0 aliphatic heterocycles. The lowest BCUT2D eigenvalue weighted by Crippen LogP contribution is -2.40. The number of halogens is 1. The molecule has 10 heteroatoms. The van der Waals surface area contributed by atoms with Crippen LogP contribution in [0, 0.1) is 6.92 Å². The van der Waals surface area contributed by atoms with Gasteiger partial charge in [-0.05, 0) is 56.9 Å². The van der Waals surface area contributed by atoms with Crippen LogP contribution in [0.15, 0.2) is 30.5 Å². The highest BCUT2D eigenvalue weighted by Crippen LogP contribution is 2.49. The van der Waals surface area contributed by atoms with Crippen molar-refractivity contribution in [2.75, 3.05) is 13.7 Å². The molecule has 174 valence electrons. The van der Waals surface area contributed by atoms with Crippen molar-refractivity contribution >= 4 is 46.2 Å². The Morgan fingerprint density at radius 1 is 1.24 bits per heavy atom. The smallest absolute Gasteiger partial charge is 0.355 e. The van der Waals surface area contributed by atoms with Crippen LogP contribution in [0.5, 0.6) is 5.75 Å². The van der Waals surface area contributed by atoms with Gasteiger partial charge in [0.2, 0.25) is 5.91 Å². The second-order valence-electron chi connectivity index (χ2n) is 8.02. The maximum atomic E-state index is 13.8. The molecular weight excluding hydrogens is 482 g/mol. The highest BCUT2D eigenvalue weighted by Gasteiger charge is 2.54. The molecule has 3 heterocycles. The lowest BCUT2D eigenvalue weighted by atomic mass is 9.99. The predicted molar refractivity (Wildman–Crippen MR) is 129 cm³/mol. The van der Waals surface area contributed by atoms with Crippen LogP contribution in [0.2, 0.25) is 4.34 Å². The van der Waals surface area contributed by atoms with Crippen molar-refractivity contribution < 1.29 is 19.4 Å². The van der Waals surface area contributed by atoms with E-state index in [1.165, 1.54) is 16.2 Å². The molecule has 1 fully saturated rings. The number of rotatable bonds is 10. The van der Waals surface area contributed by atoms with Crippen LogP contribution in [0.3, 0.4) is 0 Å². The van der Waals surface area contributed by atoms with Gasteiger partial charge in [-0.3, -0.25) is 9.78 Å². The lowest BCUT2D eigenvalue weighted by Gasteiger charge is -2.26. The summed E-state index contributed by atoms with van der Waals surface area (Å²) in [7, 11) is 1.58. The van der Waals surface area contributed by atoms with E-state index in [-0.39, 0.29) is 18.1 Å². The molecule has 0 unspecified atom stereocenters. The number of carbonyl (C=O) groups is 2. The molecule has 0 saturated heterocycles. The first-order valence-corrected chi connectivity index (χ1v) is 12.6. The number of carboxylic acid groups (broad SMARTS) is 1. The van der Waals surface area contributed by atoms with Crippen molar-refractivity contribution in [3.63, 3.8) is 0 Å². The molecule has 0 bridgehead atoms. The average molecular weight is 506 g/mol. The summed E-state index contributed by atoms with van der Waals surface area (Å²) in [6.45, 7) is 2.55. The molecule has 1 amide bonds. The number of ether oxygens (including phenoxy) is 1. The number of amides is 1. The summed E-state index contributed by atoms with van der Waals surface area (Å²) >= 11 is 8.91. The van der Waals surface area contributed by atoms with Gasteiger partial charge in [0, 0.05) is 16.3 Å². The molecular formula is C23H24ClN3O4S2. The van der Waals surface area contributed by atoms with Crippen LogP contribution in [-0.4, -0.2) is 45.5 Å². The Hall–Kier alpha value is -2.49. The average Bonchev–Trinajstić information content (AvgIpc) is 3.38. The van der Waals surface area contributed by atoms with Gasteiger partial charge < -0.3 is 14.7 Å². The third-order valence-corrected chi connectivity index (χ3v) is 8.01. The number of carbonyl (C=O) groups excluding carboxylic acids is 1. The third kappa shape index (κ3) is 5.20. The van der Waals surface area contributed by atoms with E-state index in [4.69, 9.17) is 16.3 Å². The summed E-state index contributed by atoms with van der Waals surface area (Å²) in [6, 6.07) is 7.56. The Kier molecular flexibility index (Phi) is 7.02. The number of aromatic nitrogens is 2. The van der Waals surface area contributed by atoms with E-state index in [2.05, 4.69) is 9.97 Å². The third-order valence-electron chi connectivity index (χ3n) is 5.76. The van der Waals surface area contributed by atoms with Gasteiger partial charge in [0.1, 0.15) is 10.8 Å². The number of thiophene rings is 1. The van der Waals surface area contributed by atoms with Crippen molar-refractivity contribution in [1.29, 1.82) is 0 Å². The molecule has 33 heavy (non-hydrogen) atoms.